The fourth-order valence-corrected chi connectivity index (χ4v) is 0.713. The van der Waals surface area contributed by atoms with Gasteiger partial charge in [0, 0.05) is 0 Å². The largest absolute Gasteiger partial charge is 1.00 e. The van der Waals surface area contributed by atoms with Gasteiger partial charge >= 0.3 is 0 Å². The SMILES string of the molecule is C#CCN(C)C.C#CC[N+](C)(C)CI.ICI.[I-]. The van der Waals surface area contributed by atoms with Crippen LogP contribution in [-0.4, -0.2) is 57.6 Å². The van der Waals surface area contributed by atoms with Crippen LogP contribution in [0.5, 0.6) is 0 Å². The first kappa shape index (κ1) is 28.2. The van der Waals surface area contributed by atoms with E-state index in [4.69, 9.17) is 12.8 Å². The summed E-state index contributed by atoms with van der Waals surface area (Å²) in [4.78, 5) is 1.94. The van der Waals surface area contributed by atoms with Gasteiger partial charge in [-0.15, -0.1) is 12.8 Å². The van der Waals surface area contributed by atoms with Gasteiger partial charge in [-0.25, -0.2) is 0 Å². The molecule has 18 heavy (non-hydrogen) atoms. The van der Waals surface area contributed by atoms with E-state index in [2.05, 4.69) is 93.7 Å². The molecule has 0 spiro atoms. The molecular formula is C12H22I4N2. The van der Waals surface area contributed by atoms with Gasteiger partial charge < -0.3 is 28.5 Å². The Morgan fingerprint density at radius 1 is 1.06 bits per heavy atom. The Hall–Kier alpha value is 1.96. The molecule has 0 aromatic heterocycles. The lowest BCUT2D eigenvalue weighted by Gasteiger charge is -2.23. The predicted octanol–water partition coefficient (Wildman–Crippen LogP) is 0.0876. The minimum atomic E-state index is 0. The van der Waals surface area contributed by atoms with Gasteiger partial charge in [-0.3, -0.25) is 4.90 Å². The van der Waals surface area contributed by atoms with Gasteiger partial charge in [-0.05, 0) is 42.6 Å². The van der Waals surface area contributed by atoms with E-state index in [1.165, 1.54) is 2.43 Å². The third kappa shape index (κ3) is 36.1. The number of nitrogens with zero attached hydrogens (tertiary/aromatic N) is 2. The van der Waals surface area contributed by atoms with Crippen LogP contribution in [0.25, 0.3) is 0 Å². The van der Waals surface area contributed by atoms with Gasteiger partial charge in [0.25, 0.3) is 0 Å². The molecule has 108 valence electrons. The molecule has 0 N–H and O–H groups in total. The van der Waals surface area contributed by atoms with Crippen molar-refractivity contribution in [3.63, 3.8) is 0 Å². The maximum absolute atomic E-state index is 5.12. The summed E-state index contributed by atoms with van der Waals surface area (Å²) in [6, 6.07) is 0. The molecular weight excluding hydrogens is 680 g/mol. The smallest absolute Gasteiger partial charge is 0.140 e. The number of halogens is 4. The predicted molar refractivity (Wildman–Crippen MR) is 105 cm³/mol. The van der Waals surface area contributed by atoms with Gasteiger partial charge in [0.1, 0.15) is 11.1 Å². The molecule has 0 aliphatic carbocycles. The molecule has 0 rings (SSSR count). The lowest BCUT2D eigenvalue weighted by atomic mass is 10.5. The van der Waals surface area contributed by atoms with Gasteiger partial charge in [-0.2, -0.15) is 0 Å². The number of rotatable bonds is 3. The molecule has 6 heteroatoms. The van der Waals surface area contributed by atoms with Crippen molar-refractivity contribution < 1.29 is 28.5 Å². The summed E-state index contributed by atoms with van der Waals surface area (Å²) in [5, 5.41) is 0. The highest BCUT2D eigenvalue weighted by atomic mass is 127. The molecule has 0 aromatic carbocycles. The van der Waals surface area contributed by atoms with Crippen LogP contribution in [0, 0.1) is 24.7 Å². The fraction of sp³-hybridized carbons (Fsp3) is 0.667. The van der Waals surface area contributed by atoms with E-state index in [1.54, 1.807) is 0 Å². The summed E-state index contributed by atoms with van der Waals surface area (Å²) in [7, 11) is 8.12. The van der Waals surface area contributed by atoms with Crippen molar-refractivity contribution in [2.75, 3.05) is 48.3 Å². The van der Waals surface area contributed by atoms with E-state index in [-0.39, 0.29) is 24.0 Å². The summed E-state index contributed by atoms with van der Waals surface area (Å²) >= 11 is 6.88. The van der Waals surface area contributed by atoms with Crippen LogP contribution in [0.1, 0.15) is 0 Å². The summed E-state index contributed by atoms with van der Waals surface area (Å²) in [5.74, 6) is 5.12. The molecule has 0 saturated carbocycles. The standard InChI is InChI=1S/C6H11IN.C5H9N.CH2I2.HI/c1-4-5-8(2,3)6-7;1-4-5-6(2)3;2-1-3;/h1H,5-6H2,2-3H3;1H,5H2,2-3H3;1H2;1H/q+1;;;/p-1. The Labute approximate surface area is 171 Å². The van der Waals surface area contributed by atoms with Crippen molar-refractivity contribution in [2.45, 2.75) is 0 Å². The van der Waals surface area contributed by atoms with Crippen LogP contribution in [0.3, 0.4) is 0 Å². The first-order valence-electron chi connectivity index (χ1n) is 4.82. The Morgan fingerprint density at radius 3 is 1.50 bits per heavy atom. The summed E-state index contributed by atoms with van der Waals surface area (Å²) < 4.78 is 3.18. The highest BCUT2D eigenvalue weighted by Gasteiger charge is 2.08. The number of hydrogen-bond donors (Lipinski definition) is 0. The molecule has 0 heterocycles. The number of hydrogen-bond acceptors (Lipinski definition) is 1. The Balaban J connectivity index is -0.0000000875. The van der Waals surface area contributed by atoms with E-state index in [9.17, 15) is 0 Å². The zero-order chi connectivity index (χ0) is 14.3. The second-order valence-corrected chi connectivity index (χ2v) is 9.09. The highest BCUT2D eigenvalue weighted by molar-refractivity contribution is 14.2. The van der Waals surface area contributed by atoms with Gasteiger partial charge in [-0.1, -0.05) is 51.1 Å². The molecule has 0 aliphatic rings. The maximum atomic E-state index is 5.12. The van der Waals surface area contributed by atoms with E-state index < -0.39 is 0 Å². The van der Waals surface area contributed by atoms with Crippen LogP contribution >= 0.6 is 67.8 Å². The van der Waals surface area contributed by atoms with Crippen molar-refractivity contribution in [3.05, 3.63) is 0 Å². The average Bonchev–Trinajstić information content (AvgIpc) is 2.19. The Morgan fingerprint density at radius 2 is 1.44 bits per heavy atom. The zero-order valence-corrected chi connectivity index (χ0v) is 20.0. The quantitative estimate of drug-likeness (QED) is 0.133. The molecule has 0 saturated heterocycles. The first-order valence-corrected chi connectivity index (χ1v) is 9.40. The van der Waals surface area contributed by atoms with Crippen molar-refractivity contribution >= 4 is 67.8 Å². The topological polar surface area (TPSA) is 3.24 Å². The van der Waals surface area contributed by atoms with Gasteiger partial charge in [0.15, 0.2) is 0 Å². The second-order valence-electron chi connectivity index (χ2n) is 3.96. The summed E-state index contributed by atoms with van der Waals surface area (Å²) in [6.45, 7) is 1.56. The van der Waals surface area contributed by atoms with Crippen LogP contribution in [0.4, 0.5) is 0 Å². The number of terminal acetylenes is 2. The van der Waals surface area contributed by atoms with Crippen LogP contribution in [-0.2, 0) is 0 Å². The average molecular weight is 702 g/mol. The van der Waals surface area contributed by atoms with Crippen LogP contribution in [0.15, 0.2) is 0 Å². The highest BCUT2D eigenvalue weighted by Crippen LogP contribution is 1.98. The Bertz CT molecular complexity index is 229. The van der Waals surface area contributed by atoms with Crippen molar-refractivity contribution in [2.24, 2.45) is 0 Å². The molecule has 0 aliphatic heterocycles. The molecule has 0 bridgehead atoms. The monoisotopic (exact) mass is 702 g/mol. The number of quaternary nitrogens is 1. The van der Waals surface area contributed by atoms with E-state index in [1.807, 2.05) is 19.0 Å². The lowest BCUT2D eigenvalue weighted by molar-refractivity contribution is -0.866. The van der Waals surface area contributed by atoms with Crippen LogP contribution < -0.4 is 24.0 Å². The van der Waals surface area contributed by atoms with Crippen molar-refractivity contribution in [1.29, 1.82) is 0 Å². The van der Waals surface area contributed by atoms with Crippen molar-refractivity contribution in [1.82, 2.24) is 4.90 Å². The molecule has 0 unspecified atom stereocenters. The summed E-state index contributed by atoms with van der Waals surface area (Å²) in [6.07, 6.45) is 10.1. The zero-order valence-electron chi connectivity index (χ0n) is 11.4. The molecule has 0 atom stereocenters. The molecule has 0 amide bonds. The summed E-state index contributed by atoms with van der Waals surface area (Å²) in [5.41, 5.74) is 0. The van der Waals surface area contributed by atoms with Gasteiger partial charge in [0.2, 0.25) is 0 Å². The second kappa shape index (κ2) is 21.3. The third-order valence-corrected chi connectivity index (χ3v) is 3.10. The Kier molecular flexibility index (Phi) is 33.3. The van der Waals surface area contributed by atoms with E-state index in [0.717, 1.165) is 22.1 Å². The minimum absolute atomic E-state index is 0. The van der Waals surface area contributed by atoms with E-state index in [0.29, 0.717) is 0 Å². The first-order chi connectivity index (χ1) is 7.81. The minimum Gasteiger partial charge on any atom is -1.00 e. The van der Waals surface area contributed by atoms with Gasteiger partial charge in [0.05, 0.1) is 23.1 Å². The lowest BCUT2D eigenvalue weighted by Crippen LogP contribution is -3.00. The molecule has 0 radical (unpaired) electrons. The molecule has 0 aromatic rings. The van der Waals surface area contributed by atoms with E-state index >= 15 is 0 Å². The van der Waals surface area contributed by atoms with Crippen molar-refractivity contribution in [3.8, 4) is 24.7 Å². The molecule has 0 fully saturated rings. The van der Waals surface area contributed by atoms with Crippen LogP contribution in [0.2, 0.25) is 0 Å². The number of alkyl halides is 3. The normalized spacial score (nSPS) is 8.56. The maximum Gasteiger partial charge on any atom is 0.140 e. The third-order valence-electron chi connectivity index (χ3n) is 1.25. The fourth-order valence-electron chi connectivity index (χ4n) is 0.472. The molecule has 2 nitrogen and oxygen atoms in total.